The number of esters is 1. The van der Waals surface area contributed by atoms with Crippen molar-refractivity contribution in [2.24, 2.45) is 5.92 Å². The molecule has 1 saturated heterocycles. The minimum Gasteiger partial charge on any atom is -0.468 e. The van der Waals surface area contributed by atoms with Gasteiger partial charge in [-0.2, -0.15) is 0 Å². The van der Waals surface area contributed by atoms with Gasteiger partial charge in [0.2, 0.25) is 0 Å². The Morgan fingerprint density at radius 1 is 1.44 bits per heavy atom. The summed E-state index contributed by atoms with van der Waals surface area (Å²) in [6.07, 6.45) is 5.59. The van der Waals surface area contributed by atoms with Gasteiger partial charge in [0.05, 0.1) is 7.11 Å². The SMILES string of the molecule is COC(=O)C1CC2CCCCC2N1B(C)O. The third-order valence-electron chi connectivity index (χ3n) is 4.04. The fourth-order valence-corrected chi connectivity index (χ4v) is 3.39. The number of methoxy groups -OCH3 is 1. The van der Waals surface area contributed by atoms with Crippen molar-refractivity contribution in [2.45, 2.75) is 51.0 Å². The van der Waals surface area contributed by atoms with Crippen molar-refractivity contribution < 1.29 is 14.6 Å². The van der Waals surface area contributed by atoms with Crippen molar-refractivity contribution in [3.63, 3.8) is 0 Å². The zero-order valence-corrected chi connectivity index (χ0v) is 10.1. The summed E-state index contributed by atoms with van der Waals surface area (Å²) in [6, 6.07) is 0.135. The molecule has 0 aromatic heterocycles. The van der Waals surface area contributed by atoms with Crippen LogP contribution in [-0.4, -0.2) is 42.0 Å². The van der Waals surface area contributed by atoms with Gasteiger partial charge < -0.3 is 14.6 Å². The maximum Gasteiger partial charge on any atom is 0.377 e. The van der Waals surface area contributed by atoms with Crippen LogP contribution in [-0.2, 0) is 9.53 Å². The molecule has 0 bridgehead atoms. The van der Waals surface area contributed by atoms with Crippen LogP contribution >= 0.6 is 0 Å². The van der Waals surface area contributed by atoms with E-state index in [2.05, 4.69) is 0 Å². The lowest BCUT2D eigenvalue weighted by molar-refractivity contribution is -0.145. The highest BCUT2D eigenvalue weighted by atomic mass is 16.5. The number of ether oxygens (including phenoxy) is 1. The van der Waals surface area contributed by atoms with Gasteiger partial charge in [-0.25, -0.2) is 0 Å². The van der Waals surface area contributed by atoms with E-state index < -0.39 is 7.05 Å². The Kier molecular flexibility index (Phi) is 3.55. The molecule has 2 fully saturated rings. The molecule has 16 heavy (non-hydrogen) atoms. The average molecular weight is 225 g/mol. The van der Waals surface area contributed by atoms with E-state index in [0.717, 1.165) is 12.8 Å². The second-order valence-corrected chi connectivity index (χ2v) is 4.97. The molecule has 1 heterocycles. The van der Waals surface area contributed by atoms with E-state index in [1.54, 1.807) is 6.82 Å². The molecule has 0 spiro atoms. The van der Waals surface area contributed by atoms with Crippen LogP contribution in [0.1, 0.15) is 32.1 Å². The highest BCUT2D eigenvalue weighted by Crippen LogP contribution is 2.40. The highest BCUT2D eigenvalue weighted by molar-refractivity contribution is 6.46. The molecule has 1 saturated carbocycles. The van der Waals surface area contributed by atoms with Gasteiger partial charge in [0.1, 0.15) is 6.04 Å². The molecule has 3 atom stereocenters. The van der Waals surface area contributed by atoms with Crippen LogP contribution in [0.15, 0.2) is 0 Å². The van der Waals surface area contributed by atoms with E-state index in [1.807, 2.05) is 4.81 Å². The van der Waals surface area contributed by atoms with Gasteiger partial charge in [-0.15, -0.1) is 0 Å². The molecular weight excluding hydrogens is 205 g/mol. The first kappa shape index (κ1) is 11.9. The standard InChI is InChI=1S/C11H20BNO3/c1-12(15)13-9-6-4-3-5-8(9)7-10(13)11(14)16-2/h8-10,15H,3-7H2,1-2H3. The smallest absolute Gasteiger partial charge is 0.377 e. The van der Waals surface area contributed by atoms with Crippen LogP contribution in [0.3, 0.4) is 0 Å². The zero-order chi connectivity index (χ0) is 11.7. The van der Waals surface area contributed by atoms with Crippen molar-refractivity contribution in [3.8, 4) is 0 Å². The Hall–Kier alpha value is -0.545. The van der Waals surface area contributed by atoms with Gasteiger partial charge in [-0.1, -0.05) is 12.8 Å². The summed E-state index contributed by atoms with van der Waals surface area (Å²) in [4.78, 5) is 13.7. The van der Waals surface area contributed by atoms with E-state index in [0.29, 0.717) is 12.0 Å². The number of carbonyl (C=O) groups is 1. The van der Waals surface area contributed by atoms with Gasteiger partial charge in [-0.05, 0) is 32.0 Å². The monoisotopic (exact) mass is 225 g/mol. The van der Waals surface area contributed by atoms with Crippen LogP contribution in [0.2, 0.25) is 6.82 Å². The van der Waals surface area contributed by atoms with E-state index in [1.165, 1.54) is 26.4 Å². The number of hydrogen-bond acceptors (Lipinski definition) is 4. The Morgan fingerprint density at radius 3 is 2.75 bits per heavy atom. The van der Waals surface area contributed by atoms with Crippen molar-refractivity contribution in [3.05, 3.63) is 0 Å². The van der Waals surface area contributed by atoms with Crippen molar-refractivity contribution >= 4 is 13.0 Å². The van der Waals surface area contributed by atoms with Crippen LogP contribution in [0.25, 0.3) is 0 Å². The number of nitrogens with zero attached hydrogens (tertiary/aromatic N) is 1. The summed E-state index contributed by atoms with van der Waals surface area (Å²) in [5, 5.41) is 9.82. The normalized spacial score (nSPS) is 34.6. The third-order valence-corrected chi connectivity index (χ3v) is 4.04. The van der Waals surface area contributed by atoms with Gasteiger partial charge in [0.15, 0.2) is 0 Å². The fourth-order valence-electron chi connectivity index (χ4n) is 3.39. The first-order valence-electron chi connectivity index (χ1n) is 6.18. The molecule has 0 radical (unpaired) electrons. The molecule has 90 valence electrons. The molecule has 2 aliphatic rings. The second-order valence-electron chi connectivity index (χ2n) is 4.97. The molecule has 0 aromatic carbocycles. The lowest BCUT2D eigenvalue weighted by Crippen LogP contribution is -2.50. The topological polar surface area (TPSA) is 49.8 Å². The maximum atomic E-state index is 11.7. The summed E-state index contributed by atoms with van der Waals surface area (Å²) < 4.78 is 4.83. The van der Waals surface area contributed by atoms with Crippen molar-refractivity contribution in [2.75, 3.05) is 7.11 Å². The van der Waals surface area contributed by atoms with Crippen LogP contribution in [0, 0.1) is 5.92 Å². The molecule has 4 nitrogen and oxygen atoms in total. The fraction of sp³-hybridized carbons (Fsp3) is 0.909. The number of carbonyl (C=O) groups excluding carboxylic acids is 1. The molecule has 2 rings (SSSR count). The quantitative estimate of drug-likeness (QED) is 0.560. The molecule has 3 unspecified atom stereocenters. The first-order chi connectivity index (χ1) is 7.65. The highest BCUT2D eigenvalue weighted by Gasteiger charge is 2.47. The Morgan fingerprint density at radius 2 is 2.12 bits per heavy atom. The van der Waals surface area contributed by atoms with E-state index in [-0.39, 0.29) is 12.0 Å². The lowest BCUT2D eigenvalue weighted by Gasteiger charge is -2.33. The molecular formula is C11H20BNO3. The summed E-state index contributed by atoms with van der Waals surface area (Å²) in [5.41, 5.74) is 0. The van der Waals surface area contributed by atoms with Gasteiger partial charge in [0.25, 0.3) is 0 Å². The van der Waals surface area contributed by atoms with Gasteiger partial charge >= 0.3 is 13.0 Å². The van der Waals surface area contributed by atoms with E-state index in [4.69, 9.17) is 4.74 Å². The number of fused-ring (bicyclic) bond motifs is 1. The Balaban J connectivity index is 2.16. The molecule has 0 aromatic rings. The van der Waals surface area contributed by atoms with Crippen LogP contribution < -0.4 is 0 Å². The third kappa shape index (κ3) is 1.98. The minimum atomic E-state index is -0.558. The van der Waals surface area contributed by atoms with Crippen molar-refractivity contribution in [1.29, 1.82) is 0 Å². The number of rotatable bonds is 2. The molecule has 1 aliphatic carbocycles. The zero-order valence-electron chi connectivity index (χ0n) is 10.1. The largest absolute Gasteiger partial charge is 0.468 e. The average Bonchev–Trinajstić information content (AvgIpc) is 2.67. The van der Waals surface area contributed by atoms with Crippen molar-refractivity contribution in [1.82, 2.24) is 4.81 Å². The first-order valence-corrected chi connectivity index (χ1v) is 6.18. The molecule has 5 heteroatoms. The Labute approximate surface area is 97.1 Å². The van der Waals surface area contributed by atoms with E-state index >= 15 is 0 Å². The van der Waals surface area contributed by atoms with Gasteiger partial charge in [-0.3, -0.25) is 4.79 Å². The van der Waals surface area contributed by atoms with E-state index in [9.17, 15) is 9.82 Å². The predicted octanol–water partition coefficient (Wildman–Crippen LogP) is 0.903. The summed E-state index contributed by atoms with van der Waals surface area (Å²) in [5.74, 6) is 0.364. The Bertz CT molecular complexity index is 272. The maximum absolute atomic E-state index is 11.7. The summed E-state index contributed by atoms with van der Waals surface area (Å²) in [7, 11) is 0.863. The molecule has 1 aliphatic heterocycles. The van der Waals surface area contributed by atoms with Gasteiger partial charge in [0, 0.05) is 6.04 Å². The van der Waals surface area contributed by atoms with Crippen LogP contribution in [0.4, 0.5) is 0 Å². The van der Waals surface area contributed by atoms with Crippen LogP contribution in [0.5, 0.6) is 0 Å². The minimum absolute atomic E-state index is 0.199. The summed E-state index contributed by atoms with van der Waals surface area (Å²) >= 11 is 0. The molecule has 1 N–H and O–H groups in total. The predicted molar refractivity (Wildman–Crippen MR) is 61.8 cm³/mol. The molecule has 0 amide bonds. The second kappa shape index (κ2) is 4.76. The lowest BCUT2D eigenvalue weighted by atomic mass is 9.79. The number of hydrogen-bond donors (Lipinski definition) is 1. The summed E-state index contributed by atoms with van der Waals surface area (Å²) in [6.45, 7) is 1.74.